The molecule has 8 heteroatoms. The van der Waals surface area contributed by atoms with Gasteiger partial charge in [-0.3, -0.25) is 19.3 Å². The lowest BCUT2D eigenvalue weighted by Gasteiger charge is -2.12. The van der Waals surface area contributed by atoms with Crippen molar-refractivity contribution in [2.45, 2.75) is 6.92 Å². The highest BCUT2D eigenvalue weighted by atomic mass is 79.9. The number of hydrogen-bond donors (Lipinski definition) is 1. The molecule has 3 amide bonds. The van der Waals surface area contributed by atoms with Crippen molar-refractivity contribution >= 4 is 56.5 Å². The number of anilines is 1. The molecule has 0 saturated carbocycles. The summed E-state index contributed by atoms with van der Waals surface area (Å²) in [4.78, 5) is 38.4. The van der Waals surface area contributed by atoms with Gasteiger partial charge in [-0.05, 0) is 76.1 Å². The molecule has 152 valence electrons. The van der Waals surface area contributed by atoms with Gasteiger partial charge in [-0.15, -0.1) is 6.42 Å². The third-order valence-corrected chi connectivity index (χ3v) is 5.57. The molecule has 2 aromatic carbocycles. The summed E-state index contributed by atoms with van der Waals surface area (Å²) in [6.07, 6.45) is 6.78. The molecular weight excluding hydrogens is 468 g/mol. The summed E-state index contributed by atoms with van der Waals surface area (Å²) in [7, 11) is 0. The van der Waals surface area contributed by atoms with Gasteiger partial charge in [0.05, 0.1) is 9.38 Å². The molecule has 0 spiro atoms. The second-order valence-electron chi connectivity index (χ2n) is 6.37. The summed E-state index contributed by atoms with van der Waals surface area (Å²) < 4.78 is 6.05. The van der Waals surface area contributed by atoms with E-state index in [0.29, 0.717) is 21.5 Å². The molecule has 0 radical (unpaired) electrons. The molecule has 1 N–H and O–H groups in total. The Labute approximate surface area is 186 Å². The molecule has 2 aromatic rings. The first-order chi connectivity index (χ1) is 14.4. The van der Waals surface area contributed by atoms with Crippen molar-refractivity contribution in [1.82, 2.24) is 4.90 Å². The zero-order valence-electron chi connectivity index (χ0n) is 16.0. The molecule has 0 atom stereocenters. The average Bonchev–Trinajstić information content (AvgIpc) is 2.95. The van der Waals surface area contributed by atoms with E-state index in [2.05, 4.69) is 27.2 Å². The van der Waals surface area contributed by atoms with Crippen LogP contribution in [0.25, 0.3) is 6.08 Å². The number of imide groups is 1. The van der Waals surface area contributed by atoms with Gasteiger partial charge in [0, 0.05) is 5.69 Å². The number of carbonyl (C=O) groups excluding carboxylic acids is 3. The highest BCUT2D eigenvalue weighted by Crippen LogP contribution is 2.33. The number of halogens is 1. The van der Waals surface area contributed by atoms with E-state index in [1.165, 1.54) is 0 Å². The first-order valence-electron chi connectivity index (χ1n) is 8.85. The second kappa shape index (κ2) is 9.65. The predicted molar refractivity (Wildman–Crippen MR) is 121 cm³/mol. The fourth-order valence-electron chi connectivity index (χ4n) is 2.70. The first-order valence-corrected chi connectivity index (χ1v) is 10.5. The normalized spacial score (nSPS) is 14.7. The van der Waals surface area contributed by atoms with E-state index < -0.39 is 17.1 Å². The summed E-state index contributed by atoms with van der Waals surface area (Å²) in [5.74, 6) is 2.01. The number of benzene rings is 2. The van der Waals surface area contributed by atoms with Crippen molar-refractivity contribution in [3.8, 4) is 18.1 Å². The second-order valence-corrected chi connectivity index (χ2v) is 8.22. The molecule has 1 saturated heterocycles. The highest BCUT2D eigenvalue weighted by Gasteiger charge is 2.36. The van der Waals surface area contributed by atoms with E-state index in [0.717, 1.165) is 22.2 Å². The first kappa shape index (κ1) is 21.7. The topological polar surface area (TPSA) is 75.7 Å². The van der Waals surface area contributed by atoms with Crippen molar-refractivity contribution in [2.24, 2.45) is 0 Å². The van der Waals surface area contributed by atoms with Crippen LogP contribution in [0.1, 0.15) is 11.1 Å². The molecule has 3 rings (SSSR count). The summed E-state index contributed by atoms with van der Waals surface area (Å²) >= 11 is 4.19. The van der Waals surface area contributed by atoms with Crippen LogP contribution in [0, 0.1) is 19.3 Å². The number of nitrogens with one attached hydrogen (secondary N) is 1. The molecule has 0 aliphatic carbocycles. The Bertz CT molecular complexity index is 1090. The van der Waals surface area contributed by atoms with Gasteiger partial charge in [0.15, 0.2) is 0 Å². The highest BCUT2D eigenvalue weighted by molar-refractivity contribution is 9.10. The lowest BCUT2D eigenvalue weighted by molar-refractivity contribution is -0.127. The smallest absolute Gasteiger partial charge is 0.294 e. The van der Waals surface area contributed by atoms with Gasteiger partial charge in [-0.1, -0.05) is 24.1 Å². The van der Waals surface area contributed by atoms with E-state index in [9.17, 15) is 14.4 Å². The van der Waals surface area contributed by atoms with E-state index >= 15 is 0 Å². The number of terminal acetylenes is 1. The number of thioether (sulfide) groups is 1. The van der Waals surface area contributed by atoms with Crippen LogP contribution in [0.15, 0.2) is 51.8 Å². The van der Waals surface area contributed by atoms with Crippen molar-refractivity contribution in [1.29, 1.82) is 0 Å². The minimum absolute atomic E-state index is 0.140. The Morgan fingerprint density at radius 1 is 1.30 bits per heavy atom. The number of nitrogens with zero attached hydrogens (tertiary/aromatic N) is 1. The number of hydrogen-bond acceptors (Lipinski definition) is 5. The van der Waals surface area contributed by atoms with Crippen LogP contribution in [0.2, 0.25) is 0 Å². The number of ether oxygens (including phenoxy) is 1. The van der Waals surface area contributed by atoms with Crippen LogP contribution in [0.3, 0.4) is 0 Å². The number of amides is 3. The molecule has 0 aromatic heterocycles. The lowest BCUT2D eigenvalue weighted by atomic mass is 10.2. The van der Waals surface area contributed by atoms with Crippen molar-refractivity contribution in [2.75, 3.05) is 18.5 Å². The van der Waals surface area contributed by atoms with Gasteiger partial charge in [-0.25, -0.2) is 0 Å². The summed E-state index contributed by atoms with van der Waals surface area (Å²) in [5, 5.41) is 2.21. The Balaban J connectivity index is 1.69. The standard InChI is InChI=1S/C22H17BrN2O4S/c1-3-9-29-18-8-7-15(11-17(18)23)12-19-21(27)25(22(28)30-19)13-20(26)24-16-6-4-5-14(2)10-16/h1,4-8,10-12H,9,13H2,2H3,(H,24,26)/b19-12-. The maximum Gasteiger partial charge on any atom is 0.294 e. The van der Waals surface area contributed by atoms with Gasteiger partial charge in [0.25, 0.3) is 11.1 Å². The molecule has 0 unspecified atom stereocenters. The van der Waals surface area contributed by atoms with E-state index in [1.807, 2.05) is 19.1 Å². The summed E-state index contributed by atoms with van der Waals surface area (Å²) in [5.41, 5.74) is 2.30. The monoisotopic (exact) mass is 484 g/mol. The van der Waals surface area contributed by atoms with E-state index in [4.69, 9.17) is 11.2 Å². The third-order valence-electron chi connectivity index (χ3n) is 4.04. The number of aryl methyl sites for hydroxylation is 1. The summed E-state index contributed by atoms with van der Waals surface area (Å²) in [6, 6.07) is 12.5. The zero-order valence-corrected chi connectivity index (χ0v) is 18.4. The Morgan fingerprint density at radius 2 is 2.10 bits per heavy atom. The maximum absolute atomic E-state index is 12.6. The van der Waals surface area contributed by atoms with Crippen LogP contribution in [-0.4, -0.2) is 35.1 Å². The van der Waals surface area contributed by atoms with Crippen molar-refractivity contribution < 1.29 is 19.1 Å². The van der Waals surface area contributed by atoms with E-state index in [1.54, 1.807) is 36.4 Å². The van der Waals surface area contributed by atoms with Gasteiger partial charge in [0.2, 0.25) is 5.91 Å². The fourth-order valence-corrected chi connectivity index (χ4v) is 4.05. The van der Waals surface area contributed by atoms with Crippen LogP contribution in [-0.2, 0) is 9.59 Å². The average molecular weight is 485 g/mol. The SMILES string of the molecule is C#CCOc1ccc(/C=C2\SC(=O)N(CC(=O)Nc3cccc(C)c3)C2=O)cc1Br. The van der Waals surface area contributed by atoms with Crippen LogP contribution in [0.5, 0.6) is 5.75 Å². The third kappa shape index (κ3) is 5.32. The summed E-state index contributed by atoms with van der Waals surface area (Å²) in [6.45, 7) is 1.70. The fraction of sp³-hybridized carbons (Fsp3) is 0.136. The number of rotatable bonds is 6. The largest absolute Gasteiger partial charge is 0.480 e. The van der Waals surface area contributed by atoms with Crippen LogP contribution < -0.4 is 10.1 Å². The Hall–Kier alpha value is -3.02. The maximum atomic E-state index is 12.6. The molecule has 6 nitrogen and oxygen atoms in total. The molecule has 1 fully saturated rings. The van der Waals surface area contributed by atoms with Crippen molar-refractivity contribution in [3.05, 3.63) is 63.0 Å². The minimum atomic E-state index is -0.506. The Kier molecular flexibility index (Phi) is 6.98. The molecule has 1 aliphatic heterocycles. The van der Waals surface area contributed by atoms with Crippen molar-refractivity contribution in [3.63, 3.8) is 0 Å². The zero-order chi connectivity index (χ0) is 21.7. The predicted octanol–water partition coefficient (Wildman–Crippen LogP) is 4.44. The van der Waals surface area contributed by atoms with E-state index in [-0.39, 0.29) is 18.1 Å². The van der Waals surface area contributed by atoms with Gasteiger partial charge in [-0.2, -0.15) is 0 Å². The lowest BCUT2D eigenvalue weighted by Crippen LogP contribution is -2.36. The number of carbonyl (C=O) groups is 3. The molecular formula is C22H17BrN2O4S. The van der Waals surface area contributed by atoms with Gasteiger partial charge >= 0.3 is 0 Å². The van der Waals surface area contributed by atoms with Crippen LogP contribution in [0.4, 0.5) is 10.5 Å². The van der Waals surface area contributed by atoms with Gasteiger partial charge in [0.1, 0.15) is 18.9 Å². The molecule has 1 heterocycles. The molecule has 0 bridgehead atoms. The van der Waals surface area contributed by atoms with Crippen LogP contribution >= 0.6 is 27.7 Å². The van der Waals surface area contributed by atoms with Gasteiger partial charge < -0.3 is 10.1 Å². The minimum Gasteiger partial charge on any atom is -0.480 e. The molecule has 30 heavy (non-hydrogen) atoms. The quantitative estimate of drug-likeness (QED) is 0.484. The molecule has 1 aliphatic rings. The Morgan fingerprint density at radius 3 is 2.80 bits per heavy atom.